The molecule has 0 aliphatic heterocycles. The van der Waals surface area contributed by atoms with Crippen LogP contribution >= 0.6 is 0 Å². The van der Waals surface area contributed by atoms with Crippen molar-refractivity contribution < 1.29 is 0 Å². The van der Waals surface area contributed by atoms with Gasteiger partial charge >= 0.3 is 0 Å². The van der Waals surface area contributed by atoms with Crippen molar-refractivity contribution in [1.29, 1.82) is 0 Å². The average molecular weight is 98.2 g/mol. The summed E-state index contributed by atoms with van der Waals surface area (Å²) in [5.74, 6) is 0.764. The highest BCUT2D eigenvalue weighted by Crippen LogP contribution is 2.09. The molecule has 0 spiro atoms. The van der Waals surface area contributed by atoms with Gasteiger partial charge in [-0.05, 0) is 19.3 Å². The molecular weight excluding hydrogens is 84.1 g/mol. The Morgan fingerprint density at radius 3 is 1.71 bits per heavy atom. The van der Waals surface area contributed by atoms with E-state index in [-0.39, 0.29) is 0 Å². The third-order valence-electron chi connectivity index (χ3n) is 1.49. The molecule has 0 heterocycles. The molecule has 0 bridgehead atoms. The van der Waals surface area contributed by atoms with Gasteiger partial charge in [0.25, 0.3) is 0 Å². The molecule has 0 nitrogen and oxygen atoms in total. The summed E-state index contributed by atoms with van der Waals surface area (Å²) >= 11 is 0. The maximum atomic E-state index is 5.39. The maximum Gasteiger partial charge on any atom is -0.0349 e. The topological polar surface area (TPSA) is 0 Å². The summed E-state index contributed by atoms with van der Waals surface area (Å²) in [6, 6.07) is 0. The van der Waals surface area contributed by atoms with E-state index in [2.05, 4.69) is 13.8 Å². The van der Waals surface area contributed by atoms with Gasteiger partial charge in [0.15, 0.2) is 0 Å². The lowest BCUT2D eigenvalue weighted by molar-refractivity contribution is 0.498. The molecule has 0 aromatic rings. The van der Waals surface area contributed by atoms with Gasteiger partial charge in [-0.1, -0.05) is 26.7 Å². The van der Waals surface area contributed by atoms with Gasteiger partial charge < -0.3 is 0 Å². The summed E-state index contributed by atoms with van der Waals surface area (Å²) in [4.78, 5) is 0. The Morgan fingerprint density at radius 1 is 1.29 bits per heavy atom. The Balaban J connectivity index is 2.99. The minimum absolute atomic E-state index is 0.764. The fourth-order valence-electron chi connectivity index (χ4n) is 0.622. The predicted molar refractivity (Wildman–Crippen MR) is 33.0 cm³/mol. The molecule has 0 saturated heterocycles. The lowest BCUT2D eigenvalue weighted by Gasteiger charge is -2.05. The van der Waals surface area contributed by atoms with Gasteiger partial charge in [0.05, 0.1) is 0 Å². The summed E-state index contributed by atoms with van der Waals surface area (Å²) in [7, 11) is 0. The monoisotopic (exact) mass is 98.1 g/mol. The van der Waals surface area contributed by atoms with E-state index in [4.69, 9.17) is 6.92 Å². The van der Waals surface area contributed by atoms with Gasteiger partial charge in [-0.15, -0.1) is 0 Å². The molecule has 0 aromatic heterocycles. The Hall–Kier alpha value is 0. The van der Waals surface area contributed by atoms with Gasteiger partial charge in [-0.3, -0.25) is 0 Å². The predicted octanol–water partition coefficient (Wildman–Crippen LogP) is 2.52. The summed E-state index contributed by atoms with van der Waals surface area (Å²) in [5, 5.41) is 0. The molecule has 0 rings (SSSR count). The summed E-state index contributed by atoms with van der Waals surface area (Å²) < 4.78 is 0. The van der Waals surface area contributed by atoms with Crippen LogP contribution in [0.5, 0.6) is 0 Å². The normalized spacial score (nSPS) is 10.3. The van der Waals surface area contributed by atoms with E-state index in [1.54, 1.807) is 0 Å². The van der Waals surface area contributed by atoms with Gasteiger partial charge in [0.1, 0.15) is 0 Å². The Bertz CT molecular complexity index is 21.5. The highest BCUT2D eigenvalue weighted by molar-refractivity contribution is 4.54. The van der Waals surface area contributed by atoms with E-state index < -0.39 is 0 Å². The van der Waals surface area contributed by atoms with Gasteiger partial charge in [0, 0.05) is 0 Å². The lowest BCUT2D eigenvalue weighted by Crippen LogP contribution is -1.91. The molecule has 42 valence electrons. The first kappa shape index (κ1) is 7.00. The molecule has 0 aliphatic rings. The SMILES string of the molecule is [CH]CC(CC)CC. The Morgan fingerprint density at radius 2 is 1.71 bits per heavy atom. The highest BCUT2D eigenvalue weighted by atomic mass is 14.0. The van der Waals surface area contributed by atoms with Crippen molar-refractivity contribution >= 4 is 0 Å². The Labute approximate surface area is 46.9 Å². The molecule has 0 atom stereocenters. The zero-order valence-corrected chi connectivity index (χ0v) is 5.28. The van der Waals surface area contributed by atoms with Crippen molar-refractivity contribution in [1.82, 2.24) is 0 Å². The van der Waals surface area contributed by atoms with E-state index >= 15 is 0 Å². The number of hydrogen-bond donors (Lipinski definition) is 0. The van der Waals surface area contributed by atoms with Crippen molar-refractivity contribution in [3.8, 4) is 0 Å². The van der Waals surface area contributed by atoms with Crippen molar-refractivity contribution in [2.24, 2.45) is 5.92 Å². The fourth-order valence-corrected chi connectivity index (χ4v) is 0.622. The van der Waals surface area contributed by atoms with Crippen LogP contribution in [0.25, 0.3) is 0 Å². The van der Waals surface area contributed by atoms with Crippen LogP contribution in [0.2, 0.25) is 0 Å². The van der Waals surface area contributed by atoms with E-state index in [1.165, 1.54) is 12.8 Å². The first-order valence-electron chi connectivity index (χ1n) is 3.05. The van der Waals surface area contributed by atoms with Gasteiger partial charge in [-0.25, -0.2) is 0 Å². The standard InChI is InChI=1S/C7H14/c1-4-7(5-2)6-3/h1,7H,4-6H2,2-3H3. The largest absolute Gasteiger partial charge is 0.0651 e. The van der Waals surface area contributed by atoms with Gasteiger partial charge in [-0.2, -0.15) is 0 Å². The molecule has 0 N–H and O–H groups in total. The quantitative estimate of drug-likeness (QED) is 0.509. The molecule has 7 heavy (non-hydrogen) atoms. The van der Waals surface area contributed by atoms with Crippen molar-refractivity contribution in [2.45, 2.75) is 33.1 Å². The molecule has 0 unspecified atom stereocenters. The van der Waals surface area contributed by atoms with Gasteiger partial charge in [0.2, 0.25) is 0 Å². The number of rotatable bonds is 3. The second kappa shape index (κ2) is 4.17. The first-order valence-corrected chi connectivity index (χ1v) is 3.05. The maximum absolute atomic E-state index is 5.39. The Kier molecular flexibility index (Phi) is 4.17. The second-order valence-corrected chi connectivity index (χ2v) is 1.92. The van der Waals surface area contributed by atoms with E-state index in [1.807, 2.05) is 0 Å². The van der Waals surface area contributed by atoms with Crippen LogP contribution in [-0.2, 0) is 0 Å². The van der Waals surface area contributed by atoms with E-state index in [9.17, 15) is 0 Å². The van der Waals surface area contributed by atoms with Crippen LogP contribution < -0.4 is 0 Å². The molecule has 0 fully saturated rings. The van der Waals surface area contributed by atoms with Crippen LogP contribution in [0.15, 0.2) is 0 Å². The molecule has 0 saturated carbocycles. The summed E-state index contributed by atoms with van der Waals surface area (Å²) in [6.07, 6.45) is 3.31. The van der Waals surface area contributed by atoms with Crippen molar-refractivity contribution in [3.05, 3.63) is 6.92 Å². The van der Waals surface area contributed by atoms with Crippen LogP contribution in [0.3, 0.4) is 0 Å². The van der Waals surface area contributed by atoms with Crippen LogP contribution in [0.1, 0.15) is 33.1 Å². The summed E-state index contributed by atoms with van der Waals surface area (Å²) in [6.45, 7) is 9.76. The van der Waals surface area contributed by atoms with E-state index in [0.29, 0.717) is 0 Å². The minimum atomic E-state index is 0.764. The number of hydrogen-bond acceptors (Lipinski definition) is 0. The molecule has 0 amide bonds. The smallest absolute Gasteiger partial charge is 0.0349 e. The molecule has 0 aliphatic carbocycles. The zero-order chi connectivity index (χ0) is 5.70. The molecule has 0 aromatic carbocycles. The average Bonchev–Trinajstić information content (AvgIpc) is 1.72. The lowest BCUT2D eigenvalue weighted by atomic mass is 10.0. The summed E-state index contributed by atoms with van der Waals surface area (Å²) in [5.41, 5.74) is 0. The first-order chi connectivity index (χ1) is 3.35. The van der Waals surface area contributed by atoms with Crippen LogP contribution in [-0.4, -0.2) is 0 Å². The fraction of sp³-hybridized carbons (Fsp3) is 0.857. The second-order valence-electron chi connectivity index (χ2n) is 1.92. The highest BCUT2D eigenvalue weighted by Gasteiger charge is 1.95. The minimum Gasteiger partial charge on any atom is -0.0651 e. The van der Waals surface area contributed by atoms with Crippen LogP contribution in [0.4, 0.5) is 0 Å². The third-order valence-corrected chi connectivity index (χ3v) is 1.49. The zero-order valence-electron chi connectivity index (χ0n) is 5.28. The molecule has 2 radical (unpaired) electrons. The van der Waals surface area contributed by atoms with Crippen LogP contribution in [0, 0.1) is 12.8 Å². The molecule has 0 heteroatoms. The third kappa shape index (κ3) is 2.67. The van der Waals surface area contributed by atoms with Crippen molar-refractivity contribution in [3.63, 3.8) is 0 Å². The molecular formula is C7H14. The van der Waals surface area contributed by atoms with E-state index in [0.717, 1.165) is 12.3 Å². The van der Waals surface area contributed by atoms with Crippen molar-refractivity contribution in [2.75, 3.05) is 0 Å².